The van der Waals surface area contributed by atoms with Crippen molar-refractivity contribution in [2.24, 2.45) is 10.8 Å². The molecule has 3 rings (SSSR count). The Balaban J connectivity index is 1.85. The first-order chi connectivity index (χ1) is 14.1. The smallest absolute Gasteiger partial charge is 0.160 e. The summed E-state index contributed by atoms with van der Waals surface area (Å²) in [6, 6.07) is 8.47. The quantitative estimate of drug-likeness (QED) is 0.589. The Morgan fingerprint density at radius 2 is 1.07 bits per heavy atom. The fourth-order valence-electron chi connectivity index (χ4n) is 4.38. The highest BCUT2D eigenvalue weighted by molar-refractivity contribution is 5.97. The van der Waals surface area contributed by atoms with Gasteiger partial charge in [0.15, 0.2) is 11.6 Å². The van der Waals surface area contributed by atoms with E-state index >= 15 is 0 Å². The Hall–Kier alpha value is -2.36. The molecule has 1 aromatic rings. The van der Waals surface area contributed by atoms with E-state index in [0.29, 0.717) is 12.8 Å². The summed E-state index contributed by atoms with van der Waals surface area (Å²) in [5, 5.41) is 0. The molecule has 0 aliphatic carbocycles. The average Bonchev–Trinajstić information content (AvgIpc) is 2.72. The van der Waals surface area contributed by atoms with Crippen molar-refractivity contribution in [1.82, 2.24) is 0 Å². The van der Waals surface area contributed by atoms with Crippen LogP contribution in [0.25, 0.3) is 0 Å². The lowest BCUT2D eigenvalue weighted by Crippen LogP contribution is -2.35. The summed E-state index contributed by atoms with van der Waals surface area (Å²) in [5.41, 5.74) is 3.89. The van der Waals surface area contributed by atoms with Gasteiger partial charge >= 0.3 is 0 Å². The second kappa shape index (κ2) is 8.41. The number of carbonyl (C=O) groups excluding carboxylic acids is 2. The molecule has 0 N–H and O–H groups in total. The van der Waals surface area contributed by atoms with Crippen LogP contribution in [0.2, 0.25) is 0 Å². The molecule has 0 unspecified atom stereocenters. The van der Waals surface area contributed by atoms with Gasteiger partial charge in [0.05, 0.1) is 0 Å². The van der Waals surface area contributed by atoms with Crippen LogP contribution >= 0.6 is 0 Å². The molecule has 4 heteroatoms. The van der Waals surface area contributed by atoms with Gasteiger partial charge < -0.3 is 9.80 Å². The third-order valence-electron chi connectivity index (χ3n) is 6.74. The molecule has 0 saturated heterocycles. The van der Waals surface area contributed by atoms with Crippen molar-refractivity contribution in [3.63, 3.8) is 0 Å². The molecule has 1 aromatic carbocycles. The molecule has 0 saturated carbocycles. The van der Waals surface area contributed by atoms with E-state index < -0.39 is 0 Å². The summed E-state index contributed by atoms with van der Waals surface area (Å²) < 4.78 is 0. The first-order valence-electron chi connectivity index (χ1n) is 11.2. The molecule has 0 fully saturated rings. The zero-order valence-electron chi connectivity index (χ0n) is 19.4. The van der Waals surface area contributed by atoms with E-state index in [2.05, 4.69) is 61.8 Å². The molecule has 4 nitrogen and oxygen atoms in total. The highest BCUT2D eigenvalue weighted by Gasteiger charge is 2.33. The fraction of sp³-hybridized carbons (Fsp3) is 0.538. The van der Waals surface area contributed by atoms with Gasteiger partial charge in [0.25, 0.3) is 0 Å². The molecule has 30 heavy (non-hydrogen) atoms. The Labute approximate surface area is 181 Å². The molecule has 162 valence electrons. The first-order valence-corrected chi connectivity index (χ1v) is 11.2. The summed E-state index contributed by atoms with van der Waals surface area (Å²) >= 11 is 0. The summed E-state index contributed by atoms with van der Waals surface area (Å²) in [5.74, 6) is 0.464. The van der Waals surface area contributed by atoms with Crippen molar-refractivity contribution in [3.8, 4) is 0 Å². The Bertz CT molecular complexity index is 802. The number of hydrogen-bond donors (Lipinski definition) is 0. The molecule has 0 aromatic heterocycles. The molecule has 2 heterocycles. The number of Topliss-reactive ketones (excluding diaryl/α,β-unsaturated/α-hetero) is 2. The van der Waals surface area contributed by atoms with E-state index in [-0.39, 0.29) is 22.4 Å². The van der Waals surface area contributed by atoms with E-state index in [1.165, 1.54) is 0 Å². The van der Waals surface area contributed by atoms with Crippen LogP contribution in [0.1, 0.15) is 67.2 Å². The van der Waals surface area contributed by atoms with Gasteiger partial charge in [-0.15, -0.1) is 0 Å². The fourth-order valence-corrected chi connectivity index (χ4v) is 4.38. The molecule has 0 atom stereocenters. The normalized spacial score (nSPS) is 20.5. The largest absolute Gasteiger partial charge is 0.348 e. The van der Waals surface area contributed by atoms with E-state index in [4.69, 9.17) is 0 Å². The van der Waals surface area contributed by atoms with Crippen LogP contribution < -0.4 is 9.80 Å². The number of allylic oxidation sites excluding steroid dienone is 2. The van der Waals surface area contributed by atoms with Crippen LogP contribution in [0.3, 0.4) is 0 Å². The maximum atomic E-state index is 12.4. The van der Waals surface area contributed by atoms with E-state index in [1.807, 2.05) is 26.2 Å². The third-order valence-corrected chi connectivity index (χ3v) is 6.74. The molecular formula is C26H36N2O2. The number of carbonyl (C=O) groups is 2. The van der Waals surface area contributed by atoms with Crippen molar-refractivity contribution >= 4 is 22.9 Å². The SMILES string of the molecule is CCC(=O)C1=CN(c2ccc(N3C=C(C(=O)CC)C(C)(C)CC3)cc2)CCC1(C)C. The van der Waals surface area contributed by atoms with Gasteiger partial charge in [0.2, 0.25) is 0 Å². The van der Waals surface area contributed by atoms with Gasteiger partial charge in [-0.25, -0.2) is 0 Å². The van der Waals surface area contributed by atoms with Crippen molar-refractivity contribution < 1.29 is 9.59 Å². The predicted octanol–water partition coefficient (Wildman–Crippen LogP) is 5.89. The van der Waals surface area contributed by atoms with Gasteiger partial charge in [0.1, 0.15) is 0 Å². The average molecular weight is 409 g/mol. The highest BCUT2D eigenvalue weighted by Crippen LogP contribution is 2.39. The van der Waals surface area contributed by atoms with Crippen molar-refractivity contribution in [1.29, 1.82) is 0 Å². The van der Waals surface area contributed by atoms with Crippen molar-refractivity contribution in [2.75, 3.05) is 22.9 Å². The minimum atomic E-state index is -0.0723. The van der Waals surface area contributed by atoms with Crippen LogP contribution in [0.15, 0.2) is 47.8 Å². The van der Waals surface area contributed by atoms with Gasteiger partial charge in [-0.05, 0) is 47.9 Å². The Morgan fingerprint density at radius 3 is 1.37 bits per heavy atom. The summed E-state index contributed by atoms with van der Waals surface area (Å²) in [7, 11) is 0. The van der Waals surface area contributed by atoms with Crippen LogP contribution in [-0.2, 0) is 9.59 Å². The lowest BCUT2D eigenvalue weighted by molar-refractivity contribution is -0.117. The third kappa shape index (κ3) is 4.38. The second-order valence-corrected chi connectivity index (χ2v) is 9.81. The molecular weight excluding hydrogens is 372 g/mol. The summed E-state index contributed by atoms with van der Waals surface area (Å²) in [6.45, 7) is 14.3. The maximum absolute atomic E-state index is 12.4. The van der Waals surface area contributed by atoms with Gasteiger partial charge in [-0.1, -0.05) is 41.5 Å². The molecule has 0 radical (unpaired) electrons. The minimum Gasteiger partial charge on any atom is -0.348 e. The van der Waals surface area contributed by atoms with Crippen LogP contribution in [0.5, 0.6) is 0 Å². The zero-order chi connectivity index (χ0) is 22.1. The Morgan fingerprint density at radius 1 is 0.733 bits per heavy atom. The zero-order valence-corrected chi connectivity index (χ0v) is 19.4. The maximum Gasteiger partial charge on any atom is 0.160 e. The molecule has 0 spiro atoms. The van der Waals surface area contributed by atoms with Crippen molar-refractivity contribution in [2.45, 2.75) is 67.2 Å². The van der Waals surface area contributed by atoms with Crippen LogP contribution in [0.4, 0.5) is 11.4 Å². The van der Waals surface area contributed by atoms with Gasteiger partial charge in [0, 0.05) is 60.9 Å². The second-order valence-electron chi connectivity index (χ2n) is 9.81. The van der Waals surface area contributed by atoms with Crippen LogP contribution in [0, 0.1) is 10.8 Å². The predicted molar refractivity (Wildman–Crippen MR) is 125 cm³/mol. The number of ketones is 2. The van der Waals surface area contributed by atoms with Crippen molar-refractivity contribution in [3.05, 3.63) is 47.8 Å². The molecule has 0 amide bonds. The lowest BCUT2D eigenvalue weighted by Gasteiger charge is -2.38. The number of benzene rings is 1. The highest BCUT2D eigenvalue weighted by atomic mass is 16.1. The van der Waals surface area contributed by atoms with Gasteiger partial charge in [-0.3, -0.25) is 9.59 Å². The van der Waals surface area contributed by atoms with E-state index in [9.17, 15) is 9.59 Å². The summed E-state index contributed by atoms with van der Waals surface area (Å²) in [6.07, 6.45) is 7.09. The number of hydrogen-bond acceptors (Lipinski definition) is 4. The molecule has 2 aliphatic heterocycles. The molecule has 0 bridgehead atoms. The minimum absolute atomic E-state index is 0.0723. The number of anilines is 2. The number of nitrogens with zero attached hydrogens (tertiary/aromatic N) is 2. The molecule has 2 aliphatic rings. The standard InChI is InChI=1S/C26H36N2O2/c1-7-23(29)21-17-27(15-13-25(21,3)4)19-9-11-20(12-10-19)28-16-14-26(5,6)22(18-28)24(30)8-2/h9-12,17-18H,7-8,13-16H2,1-6H3. The summed E-state index contributed by atoms with van der Waals surface area (Å²) in [4.78, 5) is 29.3. The van der Waals surface area contributed by atoms with Gasteiger partial charge in [-0.2, -0.15) is 0 Å². The monoisotopic (exact) mass is 408 g/mol. The number of rotatable bonds is 6. The Kier molecular flexibility index (Phi) is 6.26. The van der Waals surface area contributed by atoms with Crippen LogP contribution in [-0.4, -0.2) is 24.7 Å². The first kappa shape index (κ1) is 22.3. The lowest BCUT2D eigenvalue weighted by atomic mass is 9.76. The topological polar surface area (TPSA) is 40.6 Å². The van der Waals surface area contributed by atoms with E-state index in [1.54, 1.807) is 0 Å². The van der Waals surface area contributed by atoms with E-state index in [0.717, 1.165) is 48.5 Å².